The highest BCUT2D eigenvalue weighted by Gasteiger charge is 2.10. The van der Waals surface area contributed by atoms with Gasteiger partial charge in [-0.3, -0.25) is 4.79 Å². The van der Waals surface area contributed by atoms with Crippen molar-refractivity contribution in [3.05, 3.63) is 42.2 Å². The van der Waals surface area contributed by atoms with Crippen molar-refractivity contribution in [2.75, 3.05) is 5.75 Å². The van der Waals surface area contributed by atoms with E-state index in [1.54, 1.807) is 7.05 Å². The number of benzene rings is 1. The molecule has 82 valence electrons. The van der Waals surface area contributed by atoms with Gasteiger partial charge in [-0.1, -0.05) is 23.4 Å². The molecular weight excluding hydrogens is 222 g/mol. The molecule has 2 aromatic rings. The minimum absolute atomic E-state index is 0.0429. The molecule has 0 radical (unpaired) electrons. The molecule has 4 nitrogen and oxygen atoms in total. The number of ketones is 1. The third-order valence-corrected chi connectivity index (χ3v) is 3.13. The minimum atomic E-state index is 0.0429. The van der Waals surface area contributed by atoms with Gasteiger partial charge in [0.1, 0.15) is 5.69 Å². The van der Waals surface area contributed by atoms with E-state index in [1.165, 1.54) is 22.6 Å². The van der Waals surface area contributed by atoms with Crippen molar-refractivity contribution < 1.29 is 4.79 Å². The Morgan fingerprint density at radius 1 is 1.38 bits per heavy atom. The average molecular weight is 233 g/mol. The van der Waals surface area contributed by atoms with Gasteiger partial charge in [0.15, 0.2) is 5.78 Å². The lowest BCUT2D eigenvalue weighted by atomic mass is 10.3. The Bertz CT molecular complexity index is 481. The van der Waals surface area contributed by atoms with Crippen LogP contribution < -0.4 is 0 Å². The smallest absolute Gasteiger partial charge is 0.192 e. The van der Waals surface area contributed by atoms with Crippen molar-refractivity contribution in [3.8, 4) is 0 Å². The first-order valence-corrected chi connectivity index (χ1v) is 5.81. The summed E-state index contributed by atoms with van der Waals surface area (Å²) in [6, 6.07) is 9.84. The summed E-state index contributed by atoms with van der Waals surface area (Å²) < 4.78 is 1.49. The first-order chi connectivity index (χ1) is 7.77. The normalized spacial score (nSPS) is 10.3. The summed E-state index contributed by atoms with van der Waals surface area (Å²) in [7, 11) is 1.72. The topological polar surface area (TPSA) is 47.8 Å². The number of hydrogen-bond acceptors (Lipinski definition) is 4. The first-order valence-electron chi connectivity index (χ1n) is 4.83. The molecule has 1 aromatic carbocycles. The molecule has 0 bridgehead atoms. The Morgan fingerprint density at radius 2 is 2.12 bits per heavy atom. The summed E-state index contributed by atoms with van der Waals surface area (Å²) in [5.74, 6) is 0.451. The molecule has 0 atom stereocenters. The van der Waals surface area contributed by atoms with Crippen LogP contribution >= 0.6 is 11.8 Å². The van der Waals surface area contributed by atoms with Crippen molar-refractivity contribution in [2.24, 2.45) is 7.05 Å². The van der Waals surface area contributed by atoms with E-state index in [4.69, 9.17) is 0 Å². The van der Waals surface area contributed by atoms with E-state index < -0.39 is 0 Å². The Labute approximate surface area is 97.7 Å². The van der Waals surface area contributed by atoms with Crippen molar-refractivity contribution in [1.82, 2.24) is 15.0 Å². The largest absolute Gasteiger partial charge is 0.291 e. The van der Waals surface area contributed by atoms with E-state index in [9.17, 15) is 4.79 Å². The Kier molecular flexibility index (Phi) is 3.36. The minimum Gasteiger partial charge on any atom is -0.291 e. The van der Waals surface area contributed by atoms with E-state index in [2.05, 4.69) is 10.3 Å². The number of rotatable bonds is 4. The molecule has 0 amide bonds. The van der Waals surface area contributed by atoms with Gasteiger partial charge >= 0.3 is 0 Å². The van der Waals surface area contributed by atoms with Crippen molar-refractivity contribution in [1.29, 1.82) is 0 Å². The molecule has 5 heteroatoms. The van der Waals surface area contributed by atoms with Crippen LogP contribution in [0.2, 0.25) is 0 Å². The van der Waals surface area contributed by atoms with Crippen LogP contribution in [-0.4, -0.2) is 26.5 Å². The standard InChI is InChI=1S/C11H11N3OS/c1-14-10(7-12-13-14)11(15)8-16-9-5-3-2-4-6-9/h2-7H,8H2,1H3. The number of thioether (sulfide) groups is 1. The fourth-order valence-electron chi connectivity index (χ4n) is 1.28. The Morgan fingerprint density at radius 3 is 2.75 bits per heavy atom. The van der Waals surface area contributed by atoms with Crippen LogP contribution in [0.4, 0.5) is 0 Å². The fourth-order valence-corrected chi connectivity index (χ4v) is 2.08. The third kappa shape index (κ3) is 2.49. The lowest BCUT2D eigenvalue weighted by molar-refractivity contribution is 0.101. The maximum atomic E-state index is 11.8. The second-order valence-corrected chi connectivity index (χ2v) is 4.32. The highest BCUT2D eigenvalue weighted by Crippen LogP contribution is 2.17. The molecule has 0 fully saturated rings. The summed E-state index contributed by atoms with van der Waals surface area (Å²) in [5, 5.41) is 7.41. The van der Waals surface area contributed by atoms with Crippen LogP contribution in [0, 0.1) is 0 Å². The van der Waals surface area contributed by atoms with Crippen LogP contribution in [0.25, 0.3) is 0 Å². The molecule has 0 aliphatic heterocycles. The second kappa shape index (κ2) is 4.94. The zero-order valence-corrected chi connectivity index (χ0v) is 9.65. The lowest BCUT2D eigenvalue weighted by Gasteiger charge is -2.00. The van der Waals surface area contributed by atoms with Crippen LogP contribution in [0.1, 0.15) is 10.5 Å². The van der Waals surface area contributed by atoms with Crippen LogP contribution in [0.15, 0.2) is 41.4 Å². The van der Waals surface area contributed by atoms with Crippen molar-refractivity contribution in [2.45, 2.75) is 4.90 Å². The summed E-state index contributed by atoms with van der Waals surface area (Å²) >= 11 is 1.52. The maximum absolute atomic E-state index is 11.8. The van der Waals surface area contributed by atoms with Crippen LogP contribution in [-0.2, 0) is 7.05 Å². The Hall–Kier alpha value is -1.62. The number of aryl methyl sites for hydroxylation is 1. The number of Topliss-reactive ketones (excluding diaryl/α,β-unsaturated/α-hetero) is 1. The van der Waals surface area contributed by atoms with Crippen molar-refractivity contribution in [3.63, 3.8) is 0 Å². The SMILES string of the molecule is Cn1nncc1C(=O)CSc1ccccc1. The van der Waals surface area contributed by atoms with Gasteiger partial charge in [0.25, 0.3) is 0 Å². The zero-order valence-electron chi connectivity index (χ0n) is 8.83. The first kappa shape index (κ1) is 10.9. The Balaban J connectivity index is 1.97. The highest BCUT2D eigenvalue weighted by molar-refractivity contribution is 8.00. The predicted octanol–water partition coefficient (Wildman–Crippen LogP) is 1.79. The molecule has 0 aliphatic carbocycles. The number of hydrogen-bond donors (Lipinski definition) is 0. The quantitative estimate of drug-likeness (QED) is 0.596. The van der Waals surface area contributed by atoms with E-state index in [0.29, 0.717) is 11.4 Å². The molecule has 0 aliphatic rings. The van der Waals surface area contributed by atoms with E-state index in [0.717, 1.165) is 4.90 Å². The molecule has 0 spiro atoms. The average Bonchev–Trinajstić information content (AvgIpc) is 2.74. The summed E-state index contributed by atoms with van der Waals surface area (Å²) in [6.07, 6.45) is 1.49. The zero-order chi connectivity index (χ0) is 11.4. The summed E-state index contributed by atoms with van der Waals surface area (Å²) in [5.41, 5.74) is 0.545. The van der Waals surface area contributed by atoms with E-state index in [-0.39, 0.29) is 5.78 Å². The number of carbonyl (C=O) groups is 1. The number of nitrogens with zero attached hydrogens (tertiary/aromatic N) is 3. The van der Waals surface area contributed by atoms with E-state index >= 15 is 0 Å². The molecule has 0 saturated carbocycles. The second-order valence-electron chi connectivity index (χ2n) is 3.27. The van der Waals surface area contributed by atoms with Gasteiger partial charge in [-0.05, 0) is 12.1 Å². The van der Waals surface area contributed by atoms with Gasteiger partial charge < -0.3 is 0 Å². The van der Waals surface area contributed by atoms with Gasteiger partial charge in [-0.25, -0.2) is 4.68 Å². The molecule has 2 rings (SSSR count). The van der Waals surface area contributed by atoms with Crippen molar-refractivity contribution >= 4 is 17.5 Å². The van der Waals surface area contributed by atoms with E-state index in [1.807, 2.05) is 30.3 Å². The highest BCUT2D eigenvalue weighted by atomic mass is 32.2. The van der Waals surface area contributed by atoms with Gasteiger partial charge in [-0.15, -0.1) is 16.9 Å². The van der Waals surface area contributed by atoms with Crippen LogP contribution in [0.3, 0.4) is 0 Å². The number of aromatic nitrogens is 3. The van der Waals surface area contributed by atoms with Gasteiger partial charge in [0.2, 0.25) is 0 Å². The molecule has 0 saturated heterocycles. The monoisotopic (exact) mass is 233 g/mol. The number of carbonyl (C=O) groups excluding carboxylic acids is 1. The third-order valence-electron chi connectivity index (χ3n) is 2.11. The molecule has 1 heterocycles. The predicted molar refractivity (Wildman–Crippen MR) is 62.5 cm³/mol. The lowest BCUT2D eigenvalue weighted by Crippen LogP contribution is -2.08. The van der Waals surface area contributed by atoms with Gasteiger partial charge in [-0.2, -0.15) is 0 Å². The fraction of sp³-hybridized carbons (Fsp3) is 0.182. The van der Waals surface area contributed by atoms with Crippen LogP contribution in [0.5, 0.6) is 0 Å². The molecule has 16 heavy (non-hydrogen) atoms. The molecule has 0 N–H and O–H groups in total. The maximum Gasteiger partial charge on any atom is 0.192 e. The summed E-state index contributed by atoms with van der Waals surface area (Å²) in [4.78, 5) is 12.9. The molecular formula is C11H11N3OS. The van der Waals surface area contributed by atoms with Gasteiger partial charge in [0, 0.05) is 11.9 Å². The molecule has 1 aromatic heterocycles. The summed E-state index contributed by atoms with van der Waals surface area (Å²) in [6.45, 7) is 0. The molecule has 0 unspecified atom stereocenters. The van der Waals surface area contributed by atoms with Gasteiger partial charge in [0.05, 0.1) is 11.9 Å².